The summed E-state index contributed by atoms with van der Waals surface area (Å²) in [6.07, 6.45) is 3.35. The highest BCUT2D eigenvalue weighted by molar-refractivity contribution is 7.09. The molecule has 1 saturated heterocycles. The van der Waals surface area contributed by atoms with E-state index in [1.807, 2.05) is 62.4 Å². The third-order valence-electron chi connectivity index (χ3n) is 5.10. The van der Waals surface area contributed by atoms with Crippen molar-refractivity contribution in [2.24, 2.45) is 0 Å². The monoisotopic (exact) mass is 417 g/mol. The van der Waals surface area contributed by atoms with Gasteiger partial charge in [-0.2, -0.15) is 0 Å². The van der Waals surface area contributed by atoms with Crippen LogP contribution in [0.3, 0.4) is 0 Å². The number of hydrogen-bond donors (Lipinski definition) is 0. The number of ether oxygens (including phenoxy) is 1. The number of hydrogen-bond acceptors (Lipinski definition) is 4. The second kappa shape index (κ2) is 9.03. The Morgan fingerprint density at radius 1 is 1.21 bits per heavy atom. The first kappa shape index (κ1) is 21.4. The zero-order valence-corrected chi connectivity index (χ0v) is 18.6. The molecule has 0 radical (unpaired) electrons. The molecule has 3 heterocycles. The molecule has 2 aromatic heterocycles. The predicted octanol–water partition coefficient (Wildman–Crippen LogP) is 4.78. The summed E-state index contributed by atoms with van der Waals surface area (Å²) in [6, 6.07) is 8.13. The summed E-state index contributed by atoms with van der Waals surface area (Å²) in [6.45, 7) is 10.2. The molecule has 0 atom stereocenters. The molecular formula is C22H31N3O3S. The van der Waals surface area contributed by atoms with Crippen molar-refractivity contribution in [3.63, 3.8) is 0 Å². The zero-order valence-electron chi connectivity index (χ0n) is 17.8. The standard InChI is InChI=1S/C22H31N3O3S/c1-5-23(16-18-8-7-15-29-18)20(26)19-9-6-12-25(19)17-10-13-24(14-11-17)21(27)28-22(2,3)4/h6-9,12,15,17H,5,10-11,13-14,16H2,1-4H3. The molecule has 1 fully saturated rings. The van der Waals surface area contributed by atoms with Gasteiger partial charge in [-0.05, 0) is 64.1 Å². The average Bonchev–Trinajstić information content (AvgIpc) is 3.36. The number of amides is 2. The van der Waals surface area contributed by atoms with Crippen molar-refractivity contribution >= 4 is 23.3 Å². The van der Waals surface area contributed by atoms with Gasteiger partial charge in [-0.1, -0.05) is 6.07 Å². The SMILES string of the molecule is CCN(Cc1cccs1)C(=O)c1cccn1C1CCN(C(=O)OC(C)(C)C)CC1. The fraction of sp³-hybridized carbons (Fsp3) is 0.545. The number of rotatable bonds is 5. The van der Waals surface area contributed by atoms with Gasteiger partial charge in [0.15, 0.2) is 0 Å². The number of likely N-dealkylation sites (tertiary alicyclic amines) is 1. The summed E-state index contributed by atoms with van der Waals surface area (Å²) in [4.78, 5) is 30.3. The average molecular weight is 418 g/mol. The topological polar surface area (TPSA) is 54.8 Å². The number of piperidine rings is 1. The van der Waals surface area contributed by atoms with Crippen LogP contribution in [0.25, 0.3) is 0 Å². The van der Waals surface area contributed by atoms with Gasteiger partial charge in [-0.25, -0.2) is 4.79 Å². The Morgan fingerprint density at radius 3 is 2.52 bits per heavy atom. The van der Waals surface area contributed by atoms with Crippen molar-refractivity contribution < 1.29 is 14.3 Å². The van der Waals surface area contributed by atoms with E-state index in [1.165, 1.54) is 4.88 Å². The molecule has 6 nitrogen and oxygen atoms in total. The third-order valence-corrected chi connectivity index (χ3v) is 5.96. The number of nitrogens with zero attached hydrogens (tertiary/aromatic N) is 3. The molecule has 29 heavy (non-hydrogen) atoms. The molecule has 7 heteroatoms. The van der Waals surface area contributed by atoms with Gasteiger partial charge in [-0.15, -0.1) is 11.3 Å². The van der Waals surface area contributed by atoms with Gasteiger partial charge in [0.05, 0.1) is 6.54 Å². The van der Waals surface area contributed by atoms with Gasteiger partial charge in [-0.3, -0.25) is 4.79 Å². The van der Waals surface area contributed by atoms with Gasteiger partial charge in [0.25, 0.3) is 5.91 Å². The van der Waals surface area contributed by atoms with E-state index in [2.05, 4.69) is 10.6 Å². The van der Waals surface area contributed by atoms with Crippen LogP contribution in [0, 0.1) is 0 Å². The molecule has 2 amide bonds. The van der Waals surface area contributed by atoms with Crippen LogP contribution in [0.2, 0.25) is 0 Å². The maximum atomic E-state index is 13.2. The van der Waals surface area contributed by atoms with Crippen molar-refractivity contribution in [2.45, 2.75) is 58.7 Å². The van der Waals surface area contributed by atoms with Crippen LogP contribution in [0.15, 0.2) is 35.8 Å². The van der Waals surface area contributed by atoms with Gasteiger partial charge < -0.3 is 19.1 Å². The maximum absolute atomic E-state index is 13.2. The van der Waals surface area contributed by atoms with E-state index in [1.54, 1.807) is 16.2 Å². The normalized spacial score (nSPS) is 15.4. The molecule has 0 saturated carbocycles. The largest absolute Gasteiger partial charge is 0.444 e. The summed E-state index contributed by atoms with van der Waals surface area (Å²) < 4.78 is 7.57. The smallest absolute Gasteiger partial charge is 0.410 e. The lowest BCUT2D eigenvalue weighted by Crippen LogP contribution is -2.42. The first-order chi connectivity index (χ1) is 13.8. The maximum Gasteiger partial charge on any atom is 0.410 e. The summed E-state index contributed by atoms with van der Waals surface area (Å²) >= 11 is 1.67. The minimum absolute atomic E-state index is 0.0560. The molecule has 0 aliphatic carbocycles. The fourth-order valence-electron chi connectivity index (χ4n) is 3.63. The van der Waals surface area contributed by atoms with Crippen LogP contribution in [0.1, 0.15) is 61.9 Å². The lowest BCUT2D eigenvalue weighted by Gasteiger charge is -2.34. The minimum atomic E-state index is -0.486. The second-order valence-electron chi connectivity index (χ2n) is 8.40. The molecule has 2 aromatic rings. The number of thiophene rings is 1. The number of carbonyl (C=O) groups excluding carboxylic acids is 2. The van der Waals surface area contributed by atoms with Crippen molar-refractivity contribution in [3.8, 4) is 0 Å². The van der Waals surface area contributed by atoms with E-state index in [-0.39, 0.29) is 18.0 Å². The van der Waals surface area contributed by atoms with E-state index in [0.717, 1.165) is 18.5 Å². The first-order valence-electron chi connectivity index (χ1n) is 10.2. The number of carbonyl (C=O) groups is 2. The summed E-state index contributed by atoms with van der Waals surface area (Å²) in [7, 11) is 0. The van der Waals surface area contributed by atoms with Gasteiger partial charge in [0, 0.05) is 36.8 Å². The molecule has 0 bridgehead atoms. The van der Waals surface area contributed by atoms with Crippen LogP contribution >= 0.6 is 11.3 Å². The van der Waals surface area contributed by atoms with E-state index >= 15 is 0 Å². The van der Waals surface area contributed by atoms with E-state index in [9.17, 15) is 9.59 Å². The van der Waals surface area contributed by atoms with Gasteiger partial charge in [0.2, 0.25) is 0 Å². The van der Waals surface area contributed by atoms with Crippen molar-refractivity contribution in [3.05, 3.63) is 46.4 Å². The zero-order chi connectivity index (χ0) is 21.0. The van der Waals surface area contributed by atoms with Crippen molar-refractivity contribution in [2.75, 3.05) is 19.6 Å². The molecule has 0 unspecified atom stereocenters. The molecular weight excluding hydrogens is 386 g/mol. The fourth-order valence-corrected chi connectivity index (χ4v) is 4.35. The molecule has 1 aliphatic rings. The van der Waals surface area contributed by atoms with Crippen LogP contribution in [-0.2, 0) is 11.3 Å². The van der Waals surface area contributed by atoms with Crippen LogP contribution in [0.5, 0.6) is 0 Å². The minimum Gasteiger partial charge on any atom is -0.444 e. The molecule has 1 aliphatic heterocycles. The summed E-state index contributed by atoms with van der Waals surface area (Å²) in [5.41, 5.74) is 0.235. The van der Waals surface area contributed by atoms with Gasteiger partial charge in [0.1, 0.15) is 11.3 Å². The molecule has 158 valence electrons. The Morgan fingerprint density at radius 2 is 1.93 bits per heavy atom. The van der Waals surface area contributed by atoms with Crippen molar-refractivity contribution in [1.82, 2.24) is 14.4 Å². The highest BCUT2D eigenvalue weighted by Crippen LogP contribution is 2.26. The quantitative estimate of drug-likeness (QED) is 0.703. The lowest BCUT2D eigenvalue weighted by atomic mass is 10.0. The molecule has 0 N–H and O–H groups in total. The molecule has 0 aromatic carbocycles. The molecule has 3 rings (SSSR count). The second-order valence-corrected chi connectivity index (χ2v) is 9.43. The van der Waals surface area contributed by atoms with E-state index in [0.29, 0.717) is 26.2 Å². The van der Waals surface area contributed by atoms with E-state index in [4.69, 9.17) is 4.74 Å². The number of aromatic nitrogens is 1. The van der Waals surface area contributed by atoms with Crippen LogP contribution in [0.4, 0.5) is 4.79 Å². The Balaban J connectivity index is 1.64. The Kier molecular flexibility index (Phi) is 6.67. The predicted molar refractivity (Wildman–Crippen MR) is 115 cm³/mol. The summed E-state index contributed by atoms with van der Waals surface area (Å²) in [5.74, 6) is 0.0560. The Bertz CT molecular complexity index is 815. The lowest BCUT2D eigenvalue weighted by molar-refractivity contribution is 0.0186. The molecule has 0 spiro atoms. The third kappa shape index (κ3) is 5.41. The van der Waals surface area contributed by atoms with Crippen LogP contribution < -0.4 is 0 Å². The van der Waals surface area contributed by atoms with Gasteiger partial charge >= 0.3 is 6.09 Å². The van der Waals surface area contributed by atoms with E-state index < -0.39 is 5.60 Å². The Labute approximate surface area is 177 Å². The highest BCUT2D eigenvalue weighted by Gasteiger charge is 2.29. The first-order valence-corrected chi connectivity index (χ1v) is 11.1. The van der Waals surface area contributed by atoms with Crippen LogP contribution in [-0.4, -0.2) is 51.6 Å². The highest BCUT2D eigenvalue weighted by atomic mass is 32.1. The Hall–Kier alpha value is -2.28. The van der Waals surface area contributed by atoms with Crippen molar-refractivity contribution in [1.29, 1.82) is 0 Å². The summed E-state index contributed by atoms with van der Waals surface area (Å²) in [5, 5.41) is 2.04.